The Balaban J connectivity index is 3.08. The number of esters is 2. The van der Waals surface area contributed by atoms with Crippen molar-refractivity contribution in [2.75, 3.05) is 6.61 Å². The van der Waals surface area contributed by atoms with Crippen LogP contribution < -0.4 is 5.32 Å². The summed E-state index contributed by atoms with van der Waals surface area (Å²) in [6, 6.07) is -1.13. The van der Waals surface area contributed by atoms with Crippen LogP contribution in [0.5, 0.6) is 0 Å². The molecule has 3 N–H and O–H groups in total. The first kappa shape index (κ1) is 17.3. The van der Waals surface area contributed by atoms with Gasteiger partial charge in [0.05, 0.1) is 6.61 Å². The van der Waals surface area contributed by atoms with Crippen LogP contribution in [0.4, 0.5) is 0 Å². The van der Waals surface area contributed by atoms with Crippen LogP contribution in [0.1, 0.15) is 20.8 Å². The van der Waals surface area contributed by atoms with Gasteiger partial charge in [0.25, 0.3) is 0 Å². The minimum Gasteiger partial charge on any atom is -0.456 e. The maximum absolute atomic E-state index is 11.2. The fourth-order valence-corrected chi connectivity index (χ4v) is 2.12. The van der Waals surface area contributed by atoms with E-state index in [-0.39, 0.29) is 0 Å². The zero-order chi connectivity index (χ0) is 16.2. The minimum atomic E-state index is -1.53. The Morgan fingerprint density at radius 3 is 2.05 bits per heavy atom. The molecule has 1 saturated heterocycles. The monoisotopic (exact) mass is 305 g/mol. The van der Waals surface area contributed by atoms with Crippen LogP contribution in [0.25, 0.3) is 0 Å². The van der Waals surface area contributed by atoms with Gasteiger partial charge in [0, 0.05) is 20.8 Å². The van der Waals surface area contributed by atoms with Crippen molar-refractivity contribution in [1.82, 2.24) is 5.32 Å². The molecule has 1 aliphatic rings. The third kappa shape index (κ3) is 4.66. The molecule has 1 heterocycles. The number of ether oxygens (including phenoxy) is 3. The molecule has 5 atom stereocenters. The highest BCUT2D eigenvalue weighted by Gasteiger charge is 2.49. The third-order valence-corrected chi connectivity index (χ3v) is 2.82. The van der Waals surface area contributed by atoms with Gasteiger partial charge in [-0.1, -0.05) is 0 Å². The molecule has 1 fully saturated rings. The highest BCUT2D eigenvalue weighted by atomic mass is 16.7. The van der Waals surface area contributed by atoms with E-state index >= 15 is 0 Å². The van der Waals surface area contributed by atoms with Crippen LogP contribution in [-0.4, -0.2) is 65.3 Å². The van der Waals surface area contributed by atoms with Crippen LogP contribution in [0.15, 0.2) is 0 Å². The van der Waals surface area contributed by atoms with Crippen molar-refractivity contribution in [3.8, 4) is 0 Å². The molecule has 120 valence electrons. The van der Waals surface area contributed by atoms with Crippen LogP contribution in [0.3, 0.4) is 0 Å². The standard InChI is InChI=1S/C12H19NO8/c1-5(15)13-9-11(20-7(3)17)10(19-6(2)16)8(4-14)21-12(9)18/h8-12,14,18H,4H2,1-3H3,(H,13,15)/t8-,9-,10+,11+,12+/m0/s1. The molecular formula is C12H19NO8. The number of nitrogens with one attached hydrogen (secondary N) is 1. The molecule has 1 amide bonds. The Hall–Kier alpha value is -1.71. The molecular weight excluding hydrogens is 286 g/mol. The minimum absolute atomic E-state index is 0.496. The fourth-order valence-electron chi connectivity index (χ4n) is 2.12. The highest BCUT2D eigenvalue weighted by molar-refractivity contribution is 5.73. The van der Waals surface area contributed by atoms with Gasteiger partial charge in [-0.3, -0.25) is 14.4 Å². The predicted molar refractivity (Wildman–Crippen MR) is 66.7 cm³/mol. The number of hydrogen-bond donors (Lipinski definition) is 3. The van der Waals surface area contributed by atoms with Gasteiger partial charge < -0.3 is 29.7 Å². The molecule has 0 aromatic heterocycles. The van der Waals surface area contributed by atoms with Crippen molar-refractivity contribution in [2.45, 2.75) is 51.4 Å². The van der Waals surface area contributed by atoms with Gasteiger partial charge in [-0.15, -0.1) is 0 Å². The molecule has 1 aliphatic heterocycles. The van der Waals surface area contributed by atoms with Crippen molar-refractivity contribution < 1.29 is 38.8 Å². The molecule has 0 radical (unpaired) electrons. The molecule has 0 aliphatic carbocycles. The molecule has 0 spiro atoms. The van der Waals surface area contributed by atoms with E-state index < -0.39 is 55.1 Å². The van der Waals surface area contributed by atoms with E-state index in [2.05, 4.69) is 5.32 Å². The quantitative estimate of drug-likeness (QED) is 0.511. The summed E-state index contributed by atoms with van der Waals surface area (Å²) in [7, 11) is 0. The molecule has 0 aromatic carbocycles. The van der Waals surface area contributed by atoms with Gasteiger partial charge in [0.15, 0.2) is 18.5 Å². The lowest BCUT2D eigenvalue weighted by atomic mass is 9.96. The fraction of sp³-hybridized carbons (Fsp3) is 0.750. The highest BCUT2D eigenvalue weighted by Crippen LogP contribution is 2.25. The van der Waals surface area contributed by atoms with Crippen LogP contribution >= 0.6 is 0 Å². The number of carbonyl (C=O) groups excluding carboxylic acids is 3. The Kier molecular flexibility index (Phi) is 6.06. The zero-order valence-electron chi connectivity index (χ0n) is 11.9. The average Bonchev–Trinajstić information content (AvgIpc) is 2.35. The Morgan fingerprint density at radius 2 is 1.62 bits per heavy atom. The largest absolute Gasteiger partial charge is 0.456 e. The van der Waals surface area contributed by atoms with Gasteiger partial charge in [-0.2, -0.15) is 0 Å². The second-order valence-corrected chi connectivity index (χ2v) is 4.62. The molecule has 0 saturated carbocycles. The molecule has 9 nitrogen and oxygen atoms in total. The number of aliphatic hydroxyl groups is 2. The summed E-state index contributed by atoms with van der Waals surface area (Å²) in [5, 5.41) is 21.5. The summed E-state index contributed by atoms with van der Waals surface area (Å²) in [4.78, 5) is 33.6. The van der Waals surface area contributed by atoms with E-state index in [1.54, 1.807) is 0 Å². The lowest BCUT2D eigenvalue weighted by Crippen LogP contribution is -2.65. The lowest BCUT2D eigenvalue weighted by Gasteiger charge is -2.43. The molecule has 21 heavy (non-hydrogen) atoms. The Morgan fingerprint density at radius 1 is 1.10 bits per heavy atom. The van der Waals surface area contributed by atoms with Gasteiger partial charge in [-0.05, 0) is 0 Å². The number of hydrogen-bond acceptors (Lipinski definition) is 8. The number of aliphatic hydroxyl groups excluding tert-OH is 2. The van der Waals surface area contributed by atoms with Gasteiger partial charge in [0.2, 0.25) is 5.91 Å². The number of carbonyl (C=O) groups is 3. The van der Waals surface area contributed by atoms with E-state index in [0.717, 1.165) is 13.8 Å². The summed E-state index contributed by atoms with van der Waals surface area (Å²) in [6.45, 7) is 2.90. The van der Waals surface area contributed by atoms with E-state index in [1.807, 2.05) is 0 Å². The van der Waals surface area contributed by atoms with Gasteiger partial charge in [-0.25, -0.2) is 0 Å². The maximum Gasteiger partial charge on any atom is 0.303 e. The second-order valence-electron chi connectivity index (χ2n) is 4.62. The summed E-state index contributed by atoms with van der Waals surface area (Å²) in [6.07, 6.45) is -4.95. The van der Waals surface area contributed by atoms with Crippen molar-refractivity contribution in [2.24, 2.45) is 0 Å². The van der Waals surface area contributed by atoms with E-state index in [0.29, 0.717) is 0 Å². The van der Waals surface area contributed by atoms with Crippen molar-refractivity contribution >= 4 is 17.8 Å². The first-order valence-electron chi connectivity index (χ1n) is 6.32. The van der Waals surface area contributed by atoms with Gasteiger partial charge in [0.1, 0.15) is 12.1 Å². The Bertz CT molecular complexity index is 412. The van der Waals surface area contributed by atoms with Crippen molar-refractivity contribution in [3.05, 3.63) is 0 Å². The smallest absolute Gasteiger partial charge is 0.303 e. The van der Waals surface area contributed by atoms with E-state index in [1.165, 1.54) is 6.92 Å². The molecule has 0 aromatic rings. The second kappa shape index (κ2) is 7.34. The summed E-state index contributed by atoms with van der Waals surface area (Å²) in [5.74, 6) is -1.88. The first-order valence-corrected chi connectivity index (χ1v) is 6.32. The maximum atomic E-state index is 11.2. The molecule has 1 rings (SSSR count). The van der Waals surface area contributed by atoms with Crippen molar-refractivity contribution in [1.29, 1.82) is 0 Å². The Labute approximate surface area is 121 Å². The van der Waals surface area contributed by atoms with Gasteiger partial charge >= 0.3 is 11.9 Å². The summed E-state index contributed by atoms with van der Waals surface area (Å²) >= 11 is 0. The summed E-state index contributed by atoms with van der Waals surface area (Å²) in [5.41, 5.74) is 0. The third-order valence-electron chi connectivity index (χ3n) is 2.82. The molecule has 9 heteroatoms. The SMILES string of the molecule is CC(=O)N[C@H]1[C@@H](OC(C)=O)[C@H](OC(C)=O)[C@H](CO)O[C@H]1O. The number of rotatable bonds is 4. The number of amides is 1. The van der Waals surface area contributed by atoms with Crippen LogP contribution in [0, 0.1) is 0 Å². The first-order chi connectivity index (χ1) is 9.76. The van der Waals surface area contributed by atoms with Crippen LogP contribution in [0.2, 0.25) is 0 Å². The predicted octanol–water partition coefficient (Wildman–Crippen LogP) is -1.94. The molecule has 0 unspecified atom stereocenters. The van der Waals surface area contributed by atoms with Crippen molar-refractivity contribution in [3.63, 3.8) is 0 Å². The average molecular weight is 305 g/mol. The topological polar surface area (TPSA) is 131 Å². The normalized spacial score (nSPS) is 32.1. The molecule has 0 bridgehead atoms. The van der Waals surface area contributed by atoms with E-state index in [9.17, 15) is 24.6 Å². The lowest BCUT2D eigenvalue weighted by molar-refractivity contribution is -0.263. The summed E-state index contributed by atoms with van der Waals surface area (Å²) < 4.78 is 15.1. The zero-order valence-corrected chi connectivity index (χ0v) is 11.9. The van der Waals surface area contributed by atoms with Crippen LogP contribution in [-0.2, 0) is 28.6 Å². The van der Waals surface area contributed by atoms with E-state index in [4.69, 9.17) is 14.2 Å².